The Labute approximate surface area is 309 Å². The summed E-state index contributed by atoms with van der Waals surface area (Å²) in [6.07, 6.45) is 14.7. The third-order valence-electron chi connectivity index (χ3n) is 10.9. The zero-order valence-corrected chi connectivity index (χ0v) is 30.8. The lowest BCUT2D eigenvalue weighted by molar-refractivity contribution is 0.602. The molecule has 0 aliphatic rings. The molecule has 2 heterocycles. The normalized spacial score (nSPS) is 12.0. The molecule has 0 N–H and O–H groups in total. The third-order valence-corrected chi connectivity index (χ3v) is 10.9. The van der Waals surface area contributed by atoms with Gasteiger partial charge in [0.2, 0.25) is 0 Å². The molecule has 260 valence electrons. The monoisotopic (exact) mass is 678 g/mol. The smallest absolute Gasteiger partial charge is 0.0491 e. The van der Waals surface area contributed by atoms with Gasteiger partial charge in [0.1, 0.15) is 0 Å². The Bertz CT molecular complexity index is 2300. The maximum atomic E-state index is 2.55. The predicted molar refractivity (Wildman–Crippen MR) is 227 cm³/mol. The van der Waals surface area contributed by atoms with Gasteiger partial charge in [0.05, 0.1) is 0 Å². The number of fused-ring (bicyclic) bond motifs is 6. The molecule has 0 atom stereocenters. The van der Waals surface area contributed by atoms with Crippen LogP contribution in [0.3, 0.4) is 0 Å². The average Bonchev–Trinajstić information content (AvgIpc) is 3.68. The van der Waals surface area contributed by atoms with E-state index >= 15 is 0 Å². The number of nitrogens with zero attached hydrogens (tertiary/aromatic N) is 2. The molecule has 0 spiro atoms. The van der Waals surface area contributed by atoms with Gasteiger partial charge < -0.3 is 9.13 Å². The summed E-state index contributed by atoms with van der Waals surface area (Å²) in [5.74, 6) is 0. The molecule has 0 unspecified atom stereocenters. The van der Waals surface area contributed by atoms with Crippen LogP contribution in [0.5, 0.6) is 0 Å². The van der Waals surface area contributed by atoms with Crippen molar-refractivity contribution in [3.63, 3.8) is 0 Å². The Hall–Kier alpha value is -5.34. The van der Waals surface area contributed by atoms with Crippen molar-refractivity contribution in [2.24, 2.45) is 0 Å². The van der Waals surface area contributed by atoms with Crippen LogP contribution in [0.15, 0.2) is 133 Å². The van der Waals surface area contributed by atoms with Crippen LogP contribution in [0.1, 0.15) is 76.3 Å². The highest BCUT2D eigenvalue weighted by atomic mass is 15.0. The Balaban J connectivity index is 1.17. The fraction of sp³-hybridized carbons (Fsp3) is 0.240. The van der Waals surface area contributed by atoms with Crippen LogP contribution in [0.25, 0.3) is 78.0 Å². The van der Waals surface area contributed by atoms with E-state index in [0.29, 0.717) is 0 Å². The van der Waals surface area contributed by atoms with Crippen molar-refractivity contribution >= 4 is 55.8 Å². The number of benzene rings is 6. The first-order valence-electron chi connectivity index (χ1n) is 19.6. The van der Waals surface area contributed by atoms with Gasteiger partial charge in [-0.15, -0.1) is 0 Å². The second-order valence-corrected chi connectivity index (χ2v) is 14.5. The molecular formula is C50H50N2. The number of hydrogen-bond acceptors (Lipinski definition) is 0. The molecule has 8 rings (SSSR count). The number of aryl methyl sites for hydroxylation is 2. The van der Waals surface area contributed by atoms with Crippen LogP contribution in [0.2, 0.25) is 0 Å². The molecule has 52 heavy (non-hydrogen) atoms. The summed E-state index contributed by atoms with van der Waals surface area (Å²) >= 11 is 0. The van der Waals surface area contributed by atoms with Crippen LogP contribution >= 0.6 is 0 Å². The molecule has 0 radical (unpaired) electrons. The van der Waals surface area contributed by atoms with Crippen LogP contribution < -0.4 is 0 Å². The van der Waals surface area contributed by atoms with E-state index in [0.717, 1.165) is 13.1 Å². The quantitative estimate of drug-likeness (QED) is 0.0800. The lowest BCUT2D eigenvalue weighted by Gasteiger charge is -2.08. The number of aromatic nitrogens is 2. The zero-order valence-electron chi connectivity index (χ0n) is 30.8. The van der Waals surface area contributed by atoms with Crippen LogP contribution in [0, 0.1) is 0 Å². The summed E-state index contributed by atoms with van der Waals surface area (Å²) in [7, 11) is 0. The highest BCUT2D eigenvalue weighted by Gasteiger charge is 2.14. The van der Waals surface area contributed by atoms with E-state index in [9.17, 15) is 0 Å². The summed E-state index contributed by atoms with van der Waals surface area (Å²) in [5.41, 5.74) is 12.8. The summed E-state index contributed by atoms with van der Waals surface area (Å²) in [6, 6.07) is 49.7. The fourth-order valence-corrected chi connectivity index (χ4v) is 8.14. The Morgan fingerprint density at radius 2 is 0.750 bits per heavy atom. The number of hydrogen-bond donors (Lipinski definition) is 0. The van der Waals surface area contributed by atoms with Crippen LogP contribution in [-0.2, 0) is 13.1 Å². The maximum absolute atomic E-state index is 2.55. The molecule has 0 bridgehead atoms. The fourth-order valence-electron chi connectivity index (χ4n) is 8.14. The number of rotatable bonds is 14. The Morgan fingerprint density at radius 3 is 1.15 bits per heavy atom. The van der Waals surface area contributed by atoms with E-state index in [1.54, 1.807) is 0 Å². The van der Waals surface area contributed by atoms with Crippen molar-refractivity contribution in [3.05, 3.63) is 145 Å². The van der Waals surface area contributed by atoms with E-state index in [4.69, 9.17) is 0 Å². The molecule has 2 nitrogen and oxygen atoms in total. The standard InChI is InChI=1S/C50H50N2/c1-3-5-7-15-31-51-47-27-23-37(33-43(47)45-35-41(25-29-49(45)51)39-17-11-9-12-18-39)21-22-38-24-28-48-44(34-38)46-36-42(40-19-13-10-14-20-40)26-30-50(46)52(48)32-16-8-6-4-2/h9-14,17-30,33-36H,3-8,15-16,31-32H2,1-2H3/b22-21+. The molecule has 0 aliphatic heterocycles. The summed E-state index contributed by atoms with van der Waals surface area (Å²) in [4.78, 5) is 0. The van der Waals surface area contributed by atoms with Gasteiger partial charge in [-0.1, -0.05) is 149 Å². The topological polar surface area (TPSA) is 9.86 Å². The first-order chi connectivity index (χ1) is 25.7. The van der Waals surface area contributed by atoms with Gasteiger partial charge in [0.25, 0.3) is 0 Å². The minimum atomic E-state index is 1.05. The molecule has 0 fully saturated rings. The van der Waals surface area contributed by atoms with Crippen molar-refractivity contribution < 1.29 is 0 Å². The molecule has 2 aromatic heterocycles. The largest absolute Gasteiger partial charge is 0.340 e. The Kier molecular flexibility index (Phi) is 10.1. The molecule has 2 heteroatoms. The van der Waals surface area contributed by atoms with Gasteiger partial charge >= 0.3 is 0 Å². The zero-order chi connectivity index (χ0) is 35.3. The van der Waals surface area contributed by atoms with Crippen LogP contribution in [-0.4, -0.2) is 9.13 Å². The lowest BCUT2D eigenvalue weighted by Crippen LogP contribution is -1.97. The van der Waals surface area contributed by atoms with Gasteiger partial charge in [0, 0.05) is 56.7 Å². The van der Waals surface area contributed by atoms with Crippen molar-refractivity contribution in [2.75, 3.05) is 0 Å². The summed E-state index contributed by atoms with van der Waals surface area (Å²) in [6.45, 7) is 6.68. The minimum Gasteiger partial charge on any atom is -0.340 e. The van der Waals surface area contributed by atoms with Crippen molar-refractivity contribution in [2.45, 2.75) is 78.3 Å². The minimum absolute atomic E-state index is 1.05. The first-order valence-corrected chi connectivity index (χ1v) is 19.6. The summed E-state index contributed by atoms with van der Waals surface area (Å²) < 4.78 is 5.11. The molecule has 0 saturated carbocycles. The van der Waals surface area contributed by atoms with Gasteiger partial charge in [-0.25, -0.2) is 0 Å². The predicted octanol–water partition coefficient (Wildman–Crippen LogP) is 14.6. The third kappa shape index (κ3) is 6.83. The molecule has 6 aromatic carbocycles. The molecule has 0 saturated heterocycles. The van der Waals surface area contributed by atoms with E-state index in [2.05, 4.69) is 169 Å². The van der Waals surface area contributed by atoms with Crippen molar-refractivity contribution in [1.29, 1.82) is 0 Å². The Morgan fingerprint density at radius 1 is 0.365 bits per heavy atom. The van der Waals surface area contributed by atoms with Gasteiger partial charge in [-0.2, -0.15) is 0 Å². The molecule has 8 aromatic rings. The number of unbranched alkanes of at least 4 members (excludes halogenated alkanes) is 6. The van der Waals surface area contributed by atoms with E-state index in [-0.39, 0.29) is 0 Å². The average molecular weight is 679 g/mol. The highest BCUT2D eigenvalue weighted by molar-refractivity contribution is 6.11. The van der Waals surface area contributed by atoms with E-state index in [1.807, 2.05) is 0 Å². The van der Waals surface area contributed by atoms with Gasteiger partial charge in [-0.05, 0) is 94.8 Å². The molecular weight excluding hydrogens is 629 g/mol. The maximum Gasteiger partial charge on any atom is 0.0491 e. The second kappa shape index (κ2) is 15.5. The van der Waals surface area contributed by atoms with Gasteiger partial charge in [0.15, 0.2) is 0 Å². The second-order valence-electron chi connectivity index (χ2n) is 14.5. The summed E-state index contributed by atoms with van der Waals surface area (Å²) in [5, 5.41) is 5.34. The first kappa shape index (κ1) is 33.8. The highest BCUT2D eigenvalue weighted by Crippen LogP contribution is 2.36. The molecule has 0 amide bonds. The van der Waals surface area contributed by atoms with E-state index in [1.165, 1.54) is 128 Å². The molecule has 0 aliphatic carbocycles. The SMILES string of the molecule is CCCCCCn1c2ccc(/C=C/c3ccc4c(c3)c3cc(-c5ccccc5)ccc3n4CCCCCC)cc2c2cc(-c3ccccc3)ccc21. The van der Waals surface area contributed by atoms with Gasteiger partial charge in [-0.3, -0.25) is 0 Å². The van der Waals surface area contributed by atoms with E-state index < -0.39 is 0 Å². The van der Waals surface area contributed by atoms with Crippen molar-refractivity contribution in [3.8, 4) is 22.3 Å². The lowest BCUT2D eigenvalue weighted by atomic mass is 10.0. The van der Waals surface area contributed by atoms with Crippen molar-refractivity contribution in [1.82, 2.24) is 9.13 Å². The van der Waals surface area contributed by atoms with Crippen LogP contribution in [0.4, 0.5) is 0 Å².